The third-order valence-corrected chi connectivity index (χ3v) is 20.8. The van der Waals surface area contributed by atoms with Crippen LogP contribution in [0.5, 0.6) is 0 Å². The van der Waals surface area contributed by atoms with E-state index in [1.54, 1.807) is 0 Å². The zero-order valence-corrected chi connectivity index (χ0v) is 51.0. The Balaban J connectivity index is 1.01. The van der Waals surface area contributed by atoms with Gasteiger partial charge in [0.2, 0.25) is 0 Å². The third kappa shape index (κ3) is 7.00. The minimum atomic E-state index is -0.619. The van der Waals surface area contributed by atoms with Crippen molar-refractivity contribution < 1.29 is 4.42 Å². The molecule has 3 aliphatic heterocycles. The van der Waals surface area contributed by atoms with Gasteiger partial charge in [-0.1, -0.05) is 209 Å². The van der Waals surface area contributed by atoms with Gasteiger partial charge in [0.05, 0.1) is 11.1 Å². The predicted molar refractivity (Wildman–Crippen MR) is 363 cm³/mol. The van der Waals surface area contributed by atoms with Crippen LogP contribution in [0.25, 0.3) is 55.0 Å². The fraction of sp³-hybridized carbons (Fsp3) is 0.210. The number of furan rings is 1. The lowest BCUT2D eigenvalue weighted by Crippen LogP contribution is -2.62. The molecule has 5 aliphatic rings. The zero-order chi connectivity index (χ0) is 58.6. The van der Waals surface area contributed by atoms with E-state index in [1.807, 2.05) is 0 Å². The fourth-order valence-electron chi connectivity index (χ4n) is 16.3. The summed E-state index contributed by atoms with van der Waals surface area (Å²) in [7, 11) is 0. The quantitative estimate of drug-likeness (QED) is 0.164. The van der Waals surface area contributed by atoms with Crippen LogP contribution in [0.4, 0.5) is 45.5 Å². The highest BCUT2D eigenvalue weighted by Gasteiger charge is 2.56. The minimum Gasteiger partial charge on any atom is -0.456 e. The fourth-order valence-corrected chi connectivity index (χ4v) is 16.3. The molecule has 0 bridgehead atoms. The molecule has 0 amide bonds. The average Bonchev–Trinajstić information content (AvgIpc) is 1.19. The molecule has 0 N–H and O–H groups in total. The van der Waals surface area contributed by atoms with Crippen LogP contribution in [0.1, 0.15) is 127 Å². The van der Waals surface area contributed by atoms with E-state index in [1.165, 1.54) is 111 Å². The zero-order valence-electron chi connectivity index (χ0n) is 51.0. The van der Waals surface area contributed by atoms with Crippen molar-refractivity contribution in [2.75, 3.05) is 14.6 Å². The molecule has 11 aromatic carbocycles. The Morgan fingerprint density at radius 1 is 0.442 bits per heavy atom. The van der Waals surface area contributed by atoms with Crippen LogP contribution >= 0.6 is 0 Å². The molecular weight excluding hydrogens is 1040 g/mol. The molecule has 0 saturated carbocycles. The van der Waals surface area contributed by atoms with Gasteiger partial charge in [0, 0.05) is 62.2 Å². The molecule has 418 valence electrons. The topological polar surface area (TPSA) is 22.9 Å². The van der Waals surface area contributed by atoms with Crippen molar-refractivity contribution in [3.63, 3.8) is 0 Å². The Hall–Kier alpha value is -9.06. The molecule has 1 spiro atoms. The molecule has 0 saturated heterocycles. The summed E-state index contributed by atoms with van der Waals surface area (Å²) in [5.74, 6) is 0. The van der Waals surface area contributed by atoms with Crippen LogP contribution in [0, 0.1) is 0 Å². The van der Waals surface area contributed by atoms with Crippen LogP contribution in [-0.2, 0) is 27.1 Å². The Bertz CT molecular complexity index is 4770. The van der Waals surface area contributed by atoms with Crippen molar-refractivity contribution >= 4 is 96.0 Å². The number of hydrogen-bond donors (Lipinski definition) is 0. The van der Waals surface area contributed by atoms with Gasteiger partial charge in [-0.25, -0.2) is 0 Å². The molecule has 5 heteroatoms. The summed E-state index contributed by atoms with van der Waals surface area (Å²) < 4.78 is 7.27. The van der Waals surface area contributed by atoms with E-state index < -0.39 is 5.41 Å². The van der Waals surface area contributed by atoms with Crippen molar-refractivity contribution in [2.45, 2.75) is 109 Å². The first-order valence-electron chi connectivity index (χ1n) is 31.1. The van der Waals surface area contributed by atoms with Crippen molar-refractivity contribution in [3.8, 4) is 22.3 Å². The number of para-hydroxylation sites is 2. The molecule has 0 fully saturated rings. The van der Waals surface area contributed by atoms with E-state index in [4.69, 9.17) is 4.42 Å². The summed E-state index contributed by atoms with van der Waals surface area (Å²) >= 11 is 0. The SMILES string of the molecule is CC(C)(C)c1ccc(N(c2ccc(C(C)(C)C)cc2)c2ccc3c(c2)-c2c4c(cc5oc6ccccc6c25)N2c5cc6ccccc6cc5C5(c6ccccc6-c6ccccc65)c5cccc(c52)B4N3c2ccc3c(c2)C(C)(C)CCC3(C)C)cc1. The van der Waals surface area contributed by atoms with Gasteiger partial charge in [0.15, 0.2) is 0 Å². The van der Waals surface area contributed by atoms with Gasteiger partial charge >= 0.3 is 6.85 Å². The number of benzene rings is 11. The third-order valence-electron chi connectivity index (χ3n) is 20.8. The van der Waals surface area contributed by atoms with E-state index in [-0.39, 0.29) is 28.5 Å². The Labute approximate surface area is 506 Å². The molecule has 4 nitrogen and oxygen atoms in total. The second-order valence-corrected chi connectivity index (χ2v) is 28.7. The Morgan fingerprint density at radius 2 is 1.02 bits per heavy atom. The predicted octanol–water partition coefficient (Wildman–Crippen LogP) is 20.5. The molecule has 1 aromatic heterocycles. The monoisotopic (exact) mass is 1110 g/mol. The molecule has 0 radical (unpaired) electrons. The first kappa shape index (κ1) is 51.4. The van der Waals surface area contributed by atoms with Crippen LogP contribution in [0.3, 0.4) is 0 Å². The highest BCUT2D eigenvalue weighted by atomic mass is 16.3. The summed E-state index contributed by atoms with van der Waals surface area (Å²) in [6, 6.07) is 84.4. The van der Waals surface area contributed by atoms with Gasteiger partial charge in [-0.3, -0.25) is 0 Å². The molecule has 0 atom stereocenters. The van der Waals surface area contributed by atoms with E-state index in [0.717, 1.165) is 57.5 Å². The number of fused-ring (bicyclic) bond motifs is 19. The van der Waals surface area contributed by atoms with E-state index >= 15 is 0 Å². The lowest BCUT2D eigenvalue weighted by atomic mass is 9.42. The lowest BCUT2D eigenvalue weighted by molar-refractivity contribution is 0.332. The molecular formula is C81H70BN3O. The number of rotatable bonds is 4. The Kier molecular flexibility index (Phi) is 10.5. The molecule has 86 heavy (non-hydrogen) atoms. The van der Waals surface area contributed by atoms with Gasteiger partial charge in [-0.05, 0) is 190 Å². The van der Waals surface area contributed by atoms with Crippen LogP contribution in [0.15, 0.2) is 223 Å². The van der Waals surface area contributed by atoms with E-state index in [2.05, 4.69) is 302 Å². The van der Waals surface area contributed by atoms with Gasteiger partial charge in [-0.2, -0.15) is 0 Å². The van der Waals surface area contributed by atoms with Crippen LogP contribution in [-0.4, -0.2) is 6.85 Å². The molecule has 2 aliphatic carbocycles. The van der Waals surface area contributed by atoms with Gasteiger partial charge in [-0.15, -0.1) is 0 Å². The maximum atomic E-state index is 7.27. The minimum absolute atomic E-state index is 0.00431. The molecule has 12 aromatic rings. The van der Waals surface area contributed by atoms with Crippen molar-refractivity contribution in [1.29, 1.82) is 0 Å². The number of nitrogens with zero attached hydrogens (tertiary/aromatic N) is 3. The van der Waals surface area contributed by atoms with Crippen molar-refractivity contribution in [2.24, 2.45) is 0 Å². The number of anilines is 8. The van der Waals surface area contributed by atoms with Crippen molar-refractivity contribution in [1.82, 2.24) is 0 Å². The van der Waals surface area contributed by atoms with E-state index in [9.17, 15) is 0 Å². The highest BCUT2D eigenvalue weighted by Crippen LogP contribution is 2.65. The van der Waals surface area contributed by atoms with Gasteiger partial charge < -0.3 is 19.0 Å². The summed E-state index contributed by atoms with van der Waals surface area (Å²) in [5, 5.41) is 4.71. The first-order valence-corrected chi connectivity index (χ1v) is 31.1. The maximum absolute atomic E-state index is 7.27. The summed E-state index contributed by atoms with van der Waals surface area (Å²) in [6.07, 6.45) is 2.28. The average molecular weight is 1110 g/mol. The second kappa shape index (κ2) is 17.5. The Morgan fingerprint density at radius 3 is 1.69 bits per heavy atom. The molecule has 4 heterocycles. The van der Waals surface area contributed by atoms with Gasteiger partial charge in [0.1, 0.15) is 11.2 Å². The van der Waals surface area contributed by atoms with Crippen LogP contribution in [0.2, 0.25) is 0 Å². The highest BCUT2D eigenvalue weighted by molar-refractivity contribution is 6.94. The van der Waals surface area contributed by atoms with E-state index in [0.29, 0.717) is 0 Å². The first-order chi connectivity index (χ1) is 41.4. The lowest BCUT2D eigenvalue weighted by Gasteiger charge is -2.52. The standard InChI is InChI=1S/C81H70BN3O/c1-77(2,3)51-30-34-53(35-31-51)83(54-36-32-52(33-37-54)78(4,5)6)55-39-41-68-60(46-55)74-73-59-24-15-18-29-71(59)86-72(73)48-70-75(74)82(85(68)56-38-40-63-65(47-56)80(9,10)43-42-79(63,7)8)67-28-19-27-64-76(67)84(70)69-45-50-21-12-11-20-49(50)44-66(69)81(64)61-25-16-13-22-57(61)58-23-14-17-26-62(58)81/h11-41,44-48H,42-43H2,1-10H3. The molecule has 17 rings (SSSR count). The maximum Gasteiger partial charge on any atom is 0.333 e. The summed E-state index contributed by atoms with van der Waals surface area (Å²) in [5.41, 5.74) is 28.8. The van der Waals surface area contributed by atoms with Crippen molar-refractivity contribution in [3.05, 3.63) is 263 Å². The molecule has 0 unspecified atom stereocenters. The normalized spacial score (nSPS) is 16.1. The van der Waals surface area contributed by atoms with Crippen LogP contribution < -0.4 is 25.5 Å². The summed E-state index contributed by atoms with van der Waals surface area (Å²) in [4.78, 5) is 7.90. The number of hydrogen-bond acceptors (Lipinski definition) is 4. The smallest absolute Gasteiger partial charge is 0.333 e. The second-order valence-electron chi connectivity index (χ2n) is 28.7. The largest absolute Gasteiger partial charge is 0.456 e. The summed E-state index contributed by atoms with van der Waals surface area (Å²) in [6.45, 7) is 23.4. The van der Waals surface area contributed by atoms with Gasteiger partial charge in [0.25, 0.3) is 0 Å².